The van der Waals surface area contributed by atoms with Gasteiger partial charge in [0.15, 0.2) is 0 Å². The second-order valence-electron chi connectivity index (χ2n) is 7.96. The number of nitrogens with one attached hydrogen (secondary N) is 1. The standard InChI is InChI=1S/C22H28N2O2/c1-22(2,3)18-7-9-19(10-8-18)23-21(25)24-14-13-17(15-24)16-5-11-20(26-4)12-6-16/h5-12,17H,13-15H2,1-4H3,(H,23,25). The predicted octanol–water partition coefficient (Wildman–Crippen LogP) is 5.01. The molecule has 2 amide bonds. The zero-order chi connectivity index (χ0) is 18.7. The molecule has 0 saturated carbocycles. The van der Waals surface area contributed by atoms with Crippen molar-refractivity contribution in [2.45, 2.75) is 38.5 Å². The SMILES string of the molecule is COc1ccc(C2CCN(C(=O)Nc3ccc(C(C)(C)C)cc3)C2)cc1. The van der Waals surface area contributed by atoms with Crippen molar-refractivity contribution >= 4 is 11.7 Å². The minimum Gasteiger partial charge on any atom is -0.497 e. The second kappa shape index (κ2) is 7.40. The van der Waals surface area contributed by atoms with Crippen LogP contribution in [0.5, 0.6) is 5.75 Å². The molecule has 1 aliphatic rings. The highest BCUT2D eigenvalue weighted by molar-refractivity contribution is 5.89. The van der Waals surface area contributed by atoms with E-state index in [1.54, 1.807) is 7.11 Å². The Morgan fingerprint density at radius 1 is 1.08 bits per heavy atom. The van der Waals surface area contributed by atoms with E-state index in [0.717, 1.165) is 30.9 Å². The van der Waals surface area contributed by atoms with Gasteiger partial charge in [-0.1, -0.05) is 45.0 Å². The number of hydrogen-bond acceptors (Lipinski definition) is 2. The summed E-state index contributed by atoms with van der Waals surface area (Å²) in [6, 6.07) is 16.3. The van der Waals surface area contributed by atoms with E-state index in [9.17, 15) is 4.79 Å². The lowest BCUT2D eigenvalue weighted by Gasteiger charge is -2.20. The van der Waals surface area contributed by atoms with Crippen LogP contribution >= 0.6 is 0 Å². The molecule has 3 rings (SSSR count). The van der Waals surface area contributed by atoms with Crippen molar-refractivity contribution < 1.29 is 9.53 Å². The molecule has 0 spiro atoms. The summed E-state index contributed by atoms with van der Waals surface area (Å²) in [5.41, 5.74) is 3.48. The first kappa shape index (κ1) is 18.3. The van der Waals surface area contributed by atoms with Gasteiger partial charge in [-0.15, -0.1) is 0 Å². The number of carbonyl (C=O) groups excluding carboxylic acids is 1. The molecule has 2 aromatic rings. The third-order valence-electron chi connectivity index (χ3n) is 5.06. The number of amides is 2. The Kier molecular flexibility index (Phi) is 5.21. The molecule has 2 aromatic carbocycles. The molecule has 1 fully saturated rings. The van der Waals surface area contributed by atoms with E-state index in [1.165, 1.54) is 11.1 Å². The van der Waals surface area contributed by atoms with E-state index in [2.05, 4.69) is 50.4 Å². The Morgan fingerprint density at radius 3 is 2.31 bits per heavy atom. The zero-order valence-electron chi connectivity index (χ0n) is 16.1. The van der Waals surface area contributed by atoms with Gasteiger partial charge in [0.2, 0.25) is 0 Å². The summed E-state index contributed by atoms with van der Waals surface area (Å²) in [5, 5.41) is 3.02. The highest BCUT2D eigenvalue weighted by Gasteiger charge is 2.27. The first-order valence-electron chi connectivity index (χ1n) is 9.17. The molecular weight excluding hydrogens is 324 g/mol. The maximum Gasteiger partial charge on any atom is 0.321 e. The molecule has 0 aromatic heterocycles. The largest absolute Gasteiger partial charge is 0.497 e. The van der Waals surface area contributed by atoms with Crippen molar-refractivity contribution in [1.29, 1.82) is 0 Å². The van der Waals surface area contributed by atoms with Gasteiger partial charge in [-0.3, -0.25) is 0 Å². The molecule has 0 aliphatic carbocycles. The lowest BCUT2D eigenvalue weighted by Crippen LogP contribution is -2.32. The number of benzene rings is 2. The number of nitrogens with zero attached hydrogens (tertiary/aromatic N) is 1. The summed E-state index contributed by atoms with van der Waals surface area (Å²) in [4.78, 5) is 14.5. The summed E-state index contributed by atoms with van der Waals surface area (Å²) in [6.07, 6.45) is 0.989. The highest BCUT2D eigenvalue weighted by atomic mass is 16.5. The average Bonchev–Trinajstić information content (AvgIpc) is 3.12. The summed E-state index contributed by atoms with van der Waals surface area (Å²) >= 11 is 0. The van der Waals surface area contributed by atoms with Crippen molar-refractivity contribution in [3.63, 3.8) is 0 Å². The number of hydrogen-bond donors (Lipinski definition) is 1. The monoisotopic (exact) mass is 352 g/mol. The Bertz CT molecular complexity index is 745. The van der Waals surface area contributed by atoms with Crippen LogP contribution in [-0.4, -0.2) is 31.1 Å². The van der Waals surface area contributed by atoms with Gasteiger partial charge in [0, 0.05) is 24.7 Å². The Labute approximate surface area is 156 Å². The molecule has 1 N–H and O–H groups in total. The number of rotatable bonds is 3. The van der Waals surface area contributed by atoms with Gasteiger partial charge >= 0.3 is 6.03 Å². The molecule has 0 radical (unpaired) electrons. The topological polar surface area (TPSA) is 41.6 Å². The van der Waals surface area contributed by atoms with Gasteiger partial charge in [0.05, 0.1) is 7.11 Å². The predicted molar refractivity (Wildman–Crippen MR) is 106 cm³/mol. The molecule has 1 saturated heterocycles. The van der Waals surface area contributed by atoms with Crippen LogP contribution in [0.1, 0.15) is 44.2 Å². The first-order valence-corrected chi connectivity index (χ1v) is 9.17. The number of anilines is 1. The summed E-state index contributed by atoms with van der Waals surface area (Å²) in [6.45, 7) is 8.08. The first-order chi connectivity index (χ1) is 12.4. The van der Waals surface area contributed by atoms with Crippen LogP contribution < -0.4 is 10.1 Å². The number of likely N-dealkylation sites (tertiary alicyclic amines) is 1. The fraction of sp³-hybridized carbons (Fsp3) is 0.409. The van der Waals surface area contributed by atoms with Crippen molar-refractivity contribution in [2.75, 3.05) is 25.5 Å². The van der Waals surface area contributed by atoms with E-state index in [0.29, 0.717) is 5.92 Å². The van der Waals surface area contributed by atoms with Crippen LogP contribution in [0.3, 0.4) is 0 Å². The van der Waals surface area contributed by atoms with Gasteiger partial charge in [-0.2, -0.15) is 0 Å². The normalized spacial score (nSPS) is 17.2. The fourth-order valence-electron chi connectivity index (χ4n) is 3.35. The second-order valence-corrected chi connectivity index (χ2v) is 7.96. The van der Waals surface area contributed by atoms with Gasteiger partial charge in [-0.25, -0.2) is 4.79 Å². The number of methoxy groups -OCH3 is 1. The number of urea groups is 1. The Morgan fingerprint density at radius 2 is 1.73 bits per heavy atom. The highest BCUT2D eigenvalue weighted by Crippen LogP contribution is 2.29. The molecule has 1 heterocycles. The van der Waals surface area contributed by atoms with Crippen LogP contribution in [0.15, 0.2) is 48.5 Å². The molecule has 4 heteroatoms. The quantitative estimate of drug-likeness (QED) is 0.843. The van der Waals surface area contributed by atoms with Crippen molar-refractivity contribution in [3.05, 3.63) is 59.7 Å². The number of ether oxygens (including phenoxy) is 1. The maximum absolute atomic E-state index is 12.6. The molecular formula is C22H28N2O2. The van der Waals surface area contributed by atoms with Crippen LogP contribution in [0.25, 0.3) is 0 Å². The molecule has 1 unspecified atom stereocenters. The van der Waals surface area contributed by atoms with Gasteiger partial charge < -0.3 is 15.0 Å². The third-order valence-corrected chi connectivity index (χ3v) is 5.06. The van der Waals surface area contributed by atoms with E-state index >= 15 is 0 Å². The maximum atomic E-state index is 12.6. The van der Waals surface area contributed by atoms with Crippen LogP contribution in [-0.2, 0) is 5.41 Å². The van der Waals surface area contributed by atoms with Gasteiger partial charge in [-0.05, 0) is 47.2 Å². The summed E-state index contributed by atoms with van der Waals surface area (Å²) < 4.78 is 5.21. The summed E-state index contributed by atoms with van der Waals surface area (Å²) in [7, 11) is 1.67. The zero-order valence-corrected chi connectivity index (χ0v) is 16.1. The van der Waals surface area contributed by atoms with E-state index in [-0.39, 0.29) is 11.4 Å². The van der Waals surface area contributed by atoms with E-state index < -0.39 is 0 Å². The van der Waals surface area contributed by atoms with E-state index in [1.807, 2.05) is 29.2 Å². The van der Waals surface area contributed by atoms with Crippen molar-refractivity contribution in [3.8, 4) is 5.75 Å². The lowest BCUT2D eigenvalue weighted by molar-refractivity contribution is 0.222. The Balaban J connectivity index is 1.59. The smallest absolute Gasteiger partial charge is 0.321 e. The average molecular weight is 352 g/mol. The fourth-order valence-corrected chi connectivity index (χ4v) is 3.35. The van der Waals surface area contributed by atoms with Crippen LogP contribution in [0.2, 0.25) is 0 Å². The molecule has 26 heavy (non-hydrogen) atoms. The van der Waals surface area contributed by atoms with Crippen molar-refractivity contribution in [1.82, 2.24) is 4.90 Å². The van der Waals surface area contributed by atoms with E-state index in [4.69, 9.17) is 4.74 Å². The number of carbonyl (C=O) groups is 1. The van der Waals surface area contributed by atoms with Gasteiger partial charge in [0.1, 0.15) is 5.75 Å². The Hall–Kier alpha value is -2.49. The minimum atomic E-state index is -0.0236. The molecule has 1 aliphatic heterocycles. The van der Waals surface area contributed by atoms with Gasteiger partial charge in [0.25, 0.3) is 0 Å². The third kappa shape index (κ3) is 4.18. The van der Waals surface area contributed by atoms with Crippen LogP contribution in [0, 0.1) is 0 Å². The molecule has 138 valence electrons. The van der Waals surface area contributed by atoms with Crippen molar-refractivity contribution in [2.24, 2.45) is 0 Å². The minimum absolute atomic E-state index is 0.0236. The lowest BCUT2D eigenvalue weighted by atomic mass is 9.87. The summed E-state index contributed by atoms with van der Waals surface area (Å²) in [5.74, 6) is 1.25. The molecule has 0 bridgehead atoms. The molecule has 4 nitrogen and oxygen atoms in total. The van der Waals surface area contributed by atoms with Crippen LogP contribution in [0.4, 0.5) is 10.5 Å². The molecule has 1 atom stereocenters.